The van der Waals surface area contributed by atoms with Crippen molar-refractivity contribution in [3.63, 3.8) is 0 Å². The summed E-state index contributed by atoms with van der Waals surface area (Å²) in [6.45, 7) is 10.1. The van der Waals surface area contributed by atoms with Crippen molar-refractivity contribution < 1.29 is 14.3 Å². The molecule has 178 valence electrons. The van der Waals surface area contributed by atoms with E-state index in [1.54, 1.807) is 12.0 Å². The normalized spacial score (nSPS) is 12.6. The summed E-state index contributed by atoms with van der Waals surface area (Å²) in [7, 11) is 1.65. The summed E-state index contributed by atoms with van der Waals surface area (Å²) in [4.78, 5) is 29.9. The number of methoxy groups -OCH3 is 1. The number of hydrogen-bond acceptors (Lipinski definition) is 5. The summed E-state index contributed by atoms with van der Waals surface area (Å²) < 4.78 is 12.0. The van der Waals surface area contributed by atoms with Crippen molar-refractivity contribution in [2.24, 2.45) is 0 Å². The number of carbonyl (C=O) groups is 1. The quantitative estimate of drug-likeness (QED) is 0.345. The molecule has 1 atom stereocenters. The molecule has 1 unspecified atom stereocenters. The third-order valence-electron chi connectivity index (χ3n) is 5.89. The number of nitrogens with zero attached hydrogens (tertiary/aromatic N) is 1. The van der Waals surface area contributed by atoms with Crippen LogP contribution in [0.25, 0.3) is 32.1 Å². The molecule has 1 amide bonds. The molecule has 2 aromatic heterocycles. The fourth-order valence-corrected chi connectivity index (χ4v) is 5.07. The molecule has 7 heteroatoms. The van der Waals surface area contributed by atoms with Gasteiger partial charge in [0, 0.05) is 28.4 Å². The van der Waals surface area contributed by atoms with Crippen LogP contribution in [0.5, 0.6) is 5.75 Å². The van der Waals surface area contributed by atoms with E-state index in [1.807, 2.05) is 82.5 Å². The third kappa shape index (κ3) is 4.40. The van der Waals surface area contributed by atoms with Crippen LogP contribution >= 0.6 is 11.3 Å². The van der Waals surface area contributed by atoms with Gasteiger partial charge in [0.15, 0.2) is 0 Å². The highest BCUT2D eigenvalue weighted by Gasteiger charge is 2.26. The number of ether oxygens (including phenoxy) is 2. The lowest BCUT2D eigenvalue weighted by molar-refractivity contribution is 0.0186. The zero-order valence-electron chi connectivity index (χ0n) is 20.4. The van der Waals surface area contributed by atoms with Crippen molar-refractivity contribution in [1.29, 1.82) is 0 Å². The zero-order chi connectivity index (χ0) is 24.6. The number of aromatic amines is 1. The monoisotopic (exact) mass is 478 g/mol. The van der Waals surface area contributed by atoms with Gasteiger partial charge in [0.2, 0.25) is 0 Å². The Morgan fingerprint density at radius 3 is 2.44 bits per heavy atom. The van der Waals surface area contributed by atoms with Gasteiger partial charge >= 0.3 is 6.09 Å². The van der Waals surface area contributed by atoms with Crippen LogP contribution in [0.15, 0.2) is 52.6 Å². The minimum absolute atomic E-state index is 0.0837. The number of fused-ring (bicyclic) bond motifs is 3. The molecule has 34 heavy (non-hydrogen) atoms. The first kappa shape index (κ1) is 23.8. The van der Waals surface area contributed by atoms with E-state index in [0.717, 1.165) is 38.7 Å². The predicted molar refractivity (Wildman–Crippen MR) is 139 cm³/mol. The standard InChI is InChI=1S/C27H30N2O4S/c1-7-29(26(31)33-27(3,4)5)16(2)17-8-10-18(11-9-17)22-21(32-6)13-12-20-23(22)19-14-15-34-24(19)25(30)28-20/h8-16H,7H2,1-6H3,(H,28,30). The Hall–Kier alpha value is -3.32. The van der Waals surface area contributed by atoms with Gasteiger partial charge in [-0.2, -0.15) is 0 Å². The van der Waals surface area contributed by atoms with Gasteiger partial charge < -0.3 is 19.4 Å². The molecule has 0 radical (unpaired) electrons. The van der Waals surface area contributed by atoms with Gasteiger partial charge in [0.05, 0.1) is 13.2 Å². The molecule has 2 heterocycles. The Bertz CT molecular complexity index is 1400. The minimum atomic E-state index is -0.549. The second-order valence-electron chi connectivity index (χ2n) is 9.25. The lowest BCUT2D eigenvalue weighted by Crippen LogP contribution is -2.38. The average Bonchev–Trinajstić information content (AvgIpc) is 3.28. The number of rotatable bonds is 5. The van der Waals surface area contributed by atoms with Crippen LogP contribution in [0.2, 0.25) is 0 Å². The highest BCUT2D eigenvalue weighted by molar-refractivity contribution is 7.17. The van der Waals surface area contributed by atoms with E-state index in [-0.39, 0.29) is 17.7 Å². The molecular formula is C27H30N2O4S. The number of aromatic nitrogens is 1. The molecule has 0 spiro atoms. The van der Waals surface area contributed by atoms with E-state index < -0.39 is 5.60 Å². The van der Waals surface area contributed by atoms with Crippen molar-refractivity contribution in [2.75, 3.05) is 13.7 Å². The van der Waals surface area contributed by atoms with Gasteiger partial charge in [0.1, 0.15) is 16.1 Å². The maximum Gasteiger partial charge on any atom is 0.410 e. The van der Waals surface area contributed by atoms with Gasteiger partial charge in [0.25, 0.3) is 5.56 Å². The highest BCUT2D eigenvalue weighted by atomic mass is 32.1. The van der Waals surface area contributed by atoms with Crippen LogP contribution in [0.4, 0.5) is 4.79 Å². The summed E-state index contributed by atoms with van der Waals surface area (Å²) in [5, 5.41) is 3.81. The molecule has 0 bridgehead atoms. The van der Waals surface area contributed by atoms with E-state index in [1.165, 1.54) is 11.3 Å². The predicted octanol–water partition coefficient (Wildman–Crippen LogP) is 6.74. The molecule has 4 aromatic rings. The highest BCUT2D eigenvalue weighted by Crippen LogP contribution is 2.40. The van der Waals surface area contributed by atoms with E-state index >= 15 is 0 Å². The first-order chi connectivity index (χ1) is 16.1. The summed E-state index contributed by atoms with van der Waals surface area (Å²) in [6.07, 6.45) is -0.328. The smallest absolute Gasteiger partial charge is 0.410 e. The van der Waals surface area contributed by atoms with Crippen molar-refractivity contribution in [3.05, 3.63) is 63.8 Å². The Morgan fingerprint density at radius 1 is 1.12 bits per heavy atom. The van der Waals surface area contributed by atoms with E-state index in [4.69, 9.17) is 9.47 Å². The van der Waals surface area contributed by atoms with Crippen molar-refractivity contribution in [3.8, 4) is 16.9 Å². The largest absolute Gasteiger partial charge is 0.496 e. The van der Waals surface area contributed by atoms with Gasteiger partial charge in [-0.05, 0) is 69.3 Å². The minimum Gasteiger partial charge on any atom is -0.496 e. The van der Waals surface area contributed by atoms with Crippen LogP contribution in [0.1, 0.15) is 46.2 Å². The number of carbonyl (C=O) groups excluding carboxylic acids is 1. The maximum atomic E-state index is 12.7. The number of nitrogens with one attached hydrogen (secondary N) is 1. The van der Waals surface area contributed by atoms with E-state index in [2.05, 4.69) is 4.98 Å². The van der Waals surface area contributed by atoms with E-state index in [0.29, 0.717) is 11.2 Å². The van der Waals surface area contributed by atoms with Gasteiger partial charge in [-0.25, -0.2) is 4.79 Å². The lowest BCUT2D eigenvalue weighted by atomic mass is 9.95. The number of hydrogen-bond donors (Lipinski definition) is 1. The molecule has 6 nitrogen and oxygen atoms in total. The van der Waals surface area contributed by atoms with Crippen LogP contribution in [0, 0.1) is 0 Å². The molecule has 1 N–H and O–H groups in total. The number of pyridine rings is 1. The molecule has 4 rings (SSSR count). The summed E-state index contributed by atoms with van der Waals surface area (Å²) in [5.41, 5.74) is 3.04. The molecular weight excluding hydrogens is 448 g/mol. The summed E-state index contributed by atoms with van der Waals surface area (Å²) >= 11 is 1.43. The number of thiophene rings is 1. The van der Waals surface area contributed by atoms with Gasteiger partial charge in [-0.1, -0.05) is 24.3 Å². The first-order valence-electron chi connectivity index (χ1n) is 11.3. The molecule has 0 aliphatic rings. The Balaban J connectivity index is 1.77. The van der Waals surface area contributed by atoms with Gasteiger partial charge in [-0.15, -0.1) is 11.3 Å². The Labute approximate surface area is 203 Å². The Morgan fingerprint density at radius 2 is 1.82 bits per heavy atom. The number of benzene rings is 2. The average molecular weight is 479 g/mol. The topological polar surface area (TPSA) is 71.6 Å². The van der Waals surface area contributed by atoms with Gasteiger partial charge in [-0.3, -0.25) is 4.79 Å². The third-order valence-corrected chi connectivity index (χ3v) is 6.81. The number of amides is 1. The second kappa shape index (κ2) is 9.14. The van der Waals surface area contributed by atoms with Crippen LogP contribution in [-0.2, 0) is 4.74 Å². The summed E-state index contributed by atoms with van der Waals surface area (Å²) in [5.74, 6) is 0.733. The van der Waals surface area contributed by atoms with Crippen LogP contribution in [0.3, 0.4) is 0 Å². The van der Waals surface area contributed by atoms with Crippen LogP contribution in [-0.4, -0.2) is 35.2 Å². The molecule has 2 aromatic carbocycles. The Kier molecular flexibility index (Phi) is 6.41. The maximum absolute atomic E-state index is 12.7. The lowest BCUT2D eigenvalue weighted by Gasteiger charge is -2.31. The molecule has 0 aliphatic heterocycles. The van der Waals surface area contributed by atoms with E-state index in [9.17, 15) is 9.59 Å². The zero-order valence-corrected chi connectivity index (χ0v) is 21.2. The van der Waals surface area contributed by atoms with Crippen molar-refractivity contribution >= 4 is 38.4 Å². The van der Waals surface area contributed by atoms with Crippen molar-refractivity contribution in [2.45, 2.75) is 46.3 Å². The molecule has 0 aliphatic carbocycles. The number of H-pyrrole nitrogens is 1. The molecule has 0 saturated heterocycles. The second-order valence-corrected chi connectivity index (χ2v) is 10.2. The molecule has 0 fully saturated rings. The fourth-order valence-electron chi connectivity index (χ4n) is 4.28. The molecule has 0 saturated carbocycles. The SMILES string of the molecule is CCN(C(=O)OC(C)(C)C)C(C)c1ccc(-c2c(OC)ccc3[nH]c(=O)c4sccc4c23)cc1. The van der Waals surface area contributed by atoms with Crippen molar-refractivity contribution in [1.82, 2.24) is 9.88 Å². The van der Waals surface area contributed by atoms with Crippen LogP contribution < -0.4 is 10.3 Å². The summed E-state index contributed by atoms with van der Waals surface area (Å²) in [6, 6.07) is 13.7. The fraction of sp³-hybridized carbons (Fsp3) is 0.333. The first-order valence-corrected chi connectivity index (χ1v) is 12.2.